The Labute approximate surface area is 84.6 Å². The molecule has 0 aromatic carbocycles. The second kappa shape index (κ2) is 3.67. The summed E-state index contributed by atoms with van der Waals surface area (Å²) in [6, 6.07) is 4.52. The van der Waals surface area contributed by atoms with Crippen molar-refractivity contribution < 1.29 is 4.39 Å². The van der Waals surface area contributed by atoms with Crippen LogP contribution >= 0.6 is 11.6 Å². The first kappa shape index (κ1) is 9.02. The average Bonchev–Trinajstić information content (AvgIpc) is 2.19. The van der Waals surface area contributed by atoms with Gasteiger partial charge in [-0.15, -0.1) is 10.2 Å². The number of aromatic nitrogens is 3. The maximum Gasteiger partial charge on any atom is 0.154 e. The molecule has 0 amide bonds. The summed E-state index contributed by atoms with van der Waals surface area (Å²) in [5.74, 6) is -0.502. The maximum atomic E-state index is 13.3. The monoisotopic (exact) mass is 209 g/mol. The lowest BCUT2D eigenvalue weighted by atomic mass is 10.2. The number of hydrogen-bond acceptors (Lipinski definition) is 3. The molecule has 0 atom stereocenters. The van der Waals surface area contributed by atoms with Crippen LogP contribution in [0.1, 0.15) is 0 Å². The fourth-order valence-electron chi connectivity index (χ4n) is 1.05. The van der Waals surface area contributed by atoms with Crippen molar-refractivity contribution in [3.63, 3.8) is 0 Å². The summed E-state index contributed by atoms with van der Waals surface area (Å²) < 4.78 is 13.3. The minimum Gasteiger partial charge on any atom is -0.264 e. The minimum absolute atomic E-state index is 0.0372. The summed E-state index contributed by atoms with van der Waals surface area (Å²) in [6.07, 6.45) is 3.12. The van der Waals surface area contributed by atoms with Crippen LogP contribution in [0.15, 0.2) is 30.6 Å². The highest BCUT2D eigenvalue weighted by molar-refractivity contribution is 6.29. The van der Waals surface area contributed by atoms with E-state index < -0.39 is 5.82 Å². The van der Waals surface area contributed by atoms with Crippen LogP contribution in [-0.4, -0.2) is 15.2 Å². The zero-order valence-corrected chi connectivity index (χ0v) is 7.74. The van der Waals surface area contributed by atoms with E-state index in [9.17, 15) is 4.39 Å². The summed E-state index contributed by atoms with van der Waals surface area (Å²) in [7, 11) is 0. The van der Waals surface area contributed by atoms with Gasteiger partial charge in [-0.1, -0.05) is 11.6 Å². The van der Waals surface area contributed by atoms with Crippen LogP contribution < -0.4 is 0 Å². The van der Waals surface area contributed by atoms with E-state index in [0.717, 1.165) is 6.07 Å². The van der Waals surface area contributed by atoms with Gasteiger partial charge in [0.25, 0.3) is 0 Å². The molecule has 0 aliphatic rings. The standard InChI is InChI=1S/C9H5ClFN3/c10-8-4-7(11)9(14-13-8)6-2-1-3-12-5-6/h1-5H. The van der Waals surface area contributed by atoms with Crippen molar-refractivity contribution in [2.24, 2.45) is 0 Å². The van der Waals surface area contributed by atoms with Crippen LogP contribution in [0.2, 0.25) is 5.15 Å². The van der Waals surface area contributed by atoms with Gasteiger partial charge in [0.05, 0.1) is 0 Å². The molecule has 0 spiro atoms. The molecule has 2 aromatic heterocycles. The molecule has 70 valence electrons. The van der Waals surface area contributed by atoms with Gasteiger partial charge in [0, 0.05) is 24.0 Å². The predicted octanol–water partition coefficient (Wildman–Crippen LogP) is 2.33. The third-order valence-electron chi connectivity index (χ3n) is 1.65. The summed E-state index contributed by atoms with van der Waals surface area (Å²) in [5, 5.41) is 7.25. The van der Waals surface area contributed by atoms with Gasteiger partial charge in [0.2, 0.25) is 0 Å². The van der Waals surface area contributed by atoms with Crippen molar-refractivity contribution >= 4 is 11.6 Å². The highest BCUT2D eigenvalue weighted by Crippen LogP contribution is 2.19. The van der Waals surface area contributed by atoms with Crippen LogP contribution in [0.25, 0.3) is 11.3 Å². The summed E-state index contributed by atoms with van der Waals surface area (Å²) in [6.45, 7) is 0. The van der Waals surface area contributed by atoms with E-state index in [1.54, 1.807) is 18.3 Å². The first-order valence-corrected chi connectivity index (χ1v) is 4.24. The first-order chi connectivity index (χ1) is 6.77. The summed E-state index contributed by atoms with van der Waals surface area (Å²) in [4.78, 5) is 3.86. The van der Waals surface area contributed by atoms with Crippen molar-refractivity contribution in [3.8, 4) is 11.3 Å². The minimum atomic E-state index is -0.502. The Morgan fingerprint density at radius 1 is 1.29 bits per heavy atom. The molecule has 0 N–H and O–H groups in total. The van der Waals surface area contributed by atoms with E-state index in [0.29, 0.717) is 5.56 Å². The Morgan fingerprint density at radius 2 is 2.14 bits per heavy atom. The molecule has 0 saturated carbocycles. The van der Waals surface area contributed by atoms with Crippen molar-refractivity contribution in [1.82, 2.24) is 15.2 Å². The lowest BCUT2D eigenvalue weighted by Gasteiger charge is -1.99. The molecule has 0 radical (unpaired) electrons. The van der Waals surface area contributed by atoms with Crippen molar-refractivity contribution in [2.75, 3.05) is 0 Å². The zero-order chi connectivity index (χ0) is 9.97. The molecule has 0 unspecified atom stereocenters. The predicted molar refractivity (Wildman–Crippen MR) is 50.2 cm³/mol. The molecular weight excluding hydrogens is 205 g/mol. The number of hydrogen-bond donors (Lipinski definition) is 0. The summed E-state index contributed by atoms with van der Waals surface area (Å²) in [5.41, 5.74) is 0.733. The number of halogens is 2. The van der Waals surface area contributed by atoms with Crippen LogP contribution in [0, 0.1) is 5.82 Å². The quantitative estimate of drug-likeness (QED) is 0.724. The van der Waals surface area contributed by atoms with Gasteiger partial charge in [0.15, 0.2) is 11.0 Å². The van der Waals surface area contributed by atoms with E-state index in [4.69, 9.17) is 11.6 Å². The van der Waals surface area contributed by atoms with E-state index in [1.165, 1.54) is 6.20 Å². The number of rotatable bonds is 1. The Hall–Kier alpha value is -1.55. The molecule has 3 nitrogen and oxygen atoms in total. The lowest BCUT2D eigenvalue weighted by molar-refractivity contribution is 0.620. The molecule has 0 bridgehead atoms. The lowest BCUT2D eigenvalue weighted by Crippen LogP contribution is -1.93. The van der Waals surface area contributed by atoms with Gasteiger partial charge in [-0.05, 0) is 12.1 Å². The second-order valence-corrected chi connectivity index (χ2v) is 2.99. The SMILES string of the molecule is Fc1cc(Cl)nnc1-c1cccnc1. The molecule has 14 heavy (non-hydrogen) atoms. The van der Waals surface area contributed by atoms with Crippen LogP contribution in [0.3, 0.4) is 0 Å². The van der Waals surface area contributed by atoms with Gasteiger partial charge < -0.3 is 0 Å². The Morgan fingerprint density at radius 3 is 2.79 bits per heavy atom. The van der Waals surface area contributed by atoms with Gasteiger partial charge >= 0.3 is 0 Å². The third-order valence-corrected chi connectivity index (χ3v) is 1.84. The molecule has 0 aliphatic carbocycles. The van der Waals surface area contributed by atoms with E-state index >= 15 is 0 Å². The number of nitrogens with zero attached hydrogens (tertiary/aromatic N) is 3. The zero-order valence-electron chi connectivity index (χ0n) is 6.98. The fourth-order valence-corrected chi connectivity index (χ4v) is 1.18. The maximum absolute atomic E-state index is 13.3. The summed E-state index contributed by atoms with van der Waals surface area (Å²) >= 11 is 5.48. The Bertz CT molecular complexity index is 447. The Kier molecular flexibility index (Phi) is 2.37. The molecule has 0 aliphatic heterocycles. The van der Waals surface area contributed by atoms with Gasteiger partial charge in [-0.2, -0.15) is 0 Å². The molecule has 2 aromatic rings. The first-order valence-electron chi connectivity index (χ1n) is 3.86. The number of pyridine rings is 1. The Balaban J connectivity index is 2.53. The molecule has 0 fully saturated rings. The molecule has 2 heterocycles. The van der Waals surface area contributed by atoms with Crippen LogP contribution in [0.5, 0.6) is 0 Å². The van der Waals surface area contributed by atoms with Crippen molar-refractivity contribution in [1.29, 1.82) is 0 Å². The van der Waals surface area contributed by atoms with Crippen LogP contribution in [-0.2, 0) is 0 Å². The van der Waals surface area contributed by atoms with E-state index in [1.807, 2.05) is 0 Å². The topological polar surface area (TPSA) is 38.7 Å². The van der Waals surface area contributed by atoms with Crippen molar-refractivity contribution in [2.45, 2.75) is 0 Å². The van der Waals surface area contributed by atoms with Crippen molar-refractivity contribution in [3.05, 3.63) is 41.6 Å². The smallest absolute Gasteiger partial charge is 0.154 e. The second-order valence-electron chi connectivity index (χ2n) is 2.61. The third kappa shape index (κ3) is 1.70. The molecular formula is C9H5ClFN3. The average molecular weight is 210 g/mol. The van der Waals surface area contributed by atoms with Gasteiger partial charge in [0.1, 0.15) is 5.69 Å². The largest absolute Gasteiger partial charge is 0.264 e. The highest BCUT2D eigenvalue weighted by Gasteiger charge is 2.07. The van der Waals surface area contributed by atoms with Gasteiger partial charge in [-0.3, -0.25) is 4.98 Å². The van der Waals surface area contributed by atoms with Crippen LogP contribution in [0.4, 0.5) is 4.39 Å². The highest BCUT2D eigenvalue weighted by atomic mass is 35.5. The van der Waals surface area contributed by atoms with E-state index in [-0.39, 0.29) is 10.8 Å². The normalized spacial score (nSPS) is 10.1. The fraction of sp³-hybridized carbons (Fsp3) is 0. The van der Waals surface area contributed by atoms with E-state index in [2.05, 4.69) is 15.2 Å². The van der Waals surface area contributed by atoms with Gasteiger partial charge in [-0.25, -0.2) is 4.39 Å². The molecule has 0 saturated heterocycles. The molecule has 5 heteroatoms. The molecule has 2 rings (SSSR count).